The molecule has 0 radical (unpaired) electrons. The summed E-state index contributed by atoms with van der Waals surface area (Å²) in [6.07, 6.45) is -2.37. The fourth-order valence-electron chi connectivity index (χ4n) is 3.84. The largest absolute Gasteiger partial charge is 0.462 e. The maximum atomic E-state index is 13.0. The van der Waals surface area contributed by atoms with Gasteiger partial charge in [0.05, 0.1) is 28.9 Å². The van der Waals surface area contributed by atoms with Crippen molar-refractivity contribution in [1.29, 1.82) is 0 Å². The fourth-order valence-corrected chi connectivity index (χ4v) is 3.84. The first-order chi connectivity index (χ1) is 20.0. The quantitative estimate of drug-likeness (QED) is 0.167. The molecule has 4 aromatic carbocycles. The van der Waals surface area contributed by atoms with Crippen LogP contribution in [-0.4, -0.2) is 49.3 Å². The summed E-state index contributed by atoms with van der Waals surface area (Å²) in [5.74, 6) is -2.59. The predicted octanol–water partition coefficient (Wildman–Crippen LogP) is 5.54. The van der Waals surface area contributed by atoms with E-state index in [-0.39, 0.29) is 24.2 Å². The fraction of sp³-hybridized carbons (Fsp3) is 0.152. The topological polar surface area (TPSA) is 105 Å². The van der Waals surface area contributed by atoms with E-state index < -0.39 is 42.7 Å². The van der Waals surface area contributed by atoms with Gasteiger partial charge in [0.15, 0.2) is 6.10 Å². The summed E-state index contributed by atoms with van der Waals surface area (Å²) in [5.41, 5.74) is 1.19. The molecule has 0 aromatic heterocycles. The van der Waals surface area contributed by atoms with Gasteiger partial charge in [-0.15, -0.1) is 0 Å². The highest BCUT2D eigenvalue weighted by Gasteiger charge is 2.32. The molecule has 4 rings (SSSR count). The summed E-state index contributed by atoms with van der Waals surface area (Å²) in [6.45, 7) is -0.571. The van der Waals surface area contributed by atoms with E-state index in [9.17, 15) is 19.2 Å². The minimum Gasteiger partial charge on any atom is -0.462 e. The standard InChI is InChI=1S/C33H28O8/c34-30(24-13-5-1-6-14-24)38-22-21-28(40-32(36)26-17-9-3-10-18-26)29(41-33(37)27-19-11-4-12-20-27)23-39-31(35)25-15-7-2-8-16-25/h1-20,28-29H,21-23H2/t28-,29-/m0/s1. The minimum atomic E-state index is -1.21. The van der Waals surface area contributed by atoms with Crippen LogP contribution in [-0.2, 0) is 18.9 Å². The number of hydrogen-bond donors (Lipinski definition) is 0. The first-order valence-electron chi connectivity index (χ1n) is 13.0. The van der Waals surface area contributed by atoms with Crippen molar-refractivity contribution in [2.75, 3.05) is 13.2 Å². The second kappa shape index (κ2) is 14.8. The van der Waals surface area contributed by atoms with E-state index in [2.05, 4.69) is 0 Å². The smallest absolute Gasteiger partial charge is 0.338 e. The summed E-state index contributed by atoms with van der Waals surface area (Å²) in [7, 11) is 0. The third-order valence-electron chi connectivity index (χ3n) is 5.98. The third-order valence-corrected chi connectivity index (χ3v) is 5.98. The SMILES string of the molecule is O=C(OCC[C@H](OC(=O)c1ccccc1)[C@H](COC(=O)c1ccccc1)OC(=O)c1ccccc1)c1ccccc1. The molecule has 41 heavy (non-hydrogen) atoms. The van der Waals surface area contributed by atoms with E-state index in [0.29, 0.717) is 11.1 Å². The molecule has 0 amide bonds. The number of benzene rings is 4. The Morgan fingerprint density at radius 3 is 1.20 bits per heavy atom. The number of hydrogen-bond acceptors (Lipinski definition) is 8. The Morgan fingerprint density at radius 1 is 0.439 bits per heavy atom. The van der Waals surface area contributed by atoms with Crippen molar-refractivity contribution in [2.45, 2.75) is 18.6 Å². The molecule has 0 bridgehead atoms. The molecule has 0 aliphatic rings. The summed E-state index contributed by atoms with van der Waals surface area (Å²) >= 11 is 0. The molecule has 0 heterocycles. The zero-order valence-electron chi connectivity index (χ0n) is 22.1. The molecule has 0 N–H and O–H groups in total. The van der Waals surface area contributed by atoms with Gasteiger partial charge in [-0.25, -0.2) is 19.2 Å². The van der Waals surface area contributed by atoms with Crippen molar-refractivity contribution >= 4 is 23.9 Å². The normalized spacial score (nSPS) is 11.9. The lowest BCUT2D eigenvalue weighted by molar-refractivity contribution is -0.0641. The van der Waals surface area contributed by atoms with Crippen molar-refractivity contribution in [3.8, 4) is 0 Å². The van der Waals surface area contributed by atoms with Crippen LogP contribution in [0.15, 0.2) is 121 Å². The lowest BCUT2D eigenvalue weighted by Gasteiger charge is -2.27. The van der Waals surface area contributed by atoms with Crippen molar-refractivity contribution in [2.24, 2.45) is 0 Å². The van der Waals surface area contributed by atoms with Crippen LogP contribution in [0.4, 0.5) is 0 Å². The monoisotopic (exact) mass is 552 g/mol. The van der Waals surface area contributed by atoms with Gasteiger partial charge in [0.2, 0.25) is 0 Å². The molecule has 0 fully saturated rings. The van der Waals surface area contributed by atoms with Crippen LogP contribution in [0.5, 0.6) is 0 Å². The van der Waals surface area contributed by atoms with Gasteiger partial charge in [0.25, 0.3) is 0 Å². The molecule has 8 heteroatoms. The van der Waals surface area contributed by atoms with Crippen molar-refractivity contribution < 1.29 is 38.1 Å². The van der Waals surface area contributed by atoms with Crippen molar-refractivity contribution in [3.05, 3.63) is 144 Å². The molecule has 0 aliphatic heterocycles. The Labute approximate surface area is 237 Å². The highest BCUT2D eigenvalue weighted by Crippen LogP contribution is 2.17. The zero-order chi connectivity index (χ0) is 28.9. The summed E-state index contributed by atoms with van der Waals surface area (Å²) in [6, 6.07) is 33.3. The molecule has 0 saturated carbocycles. The number of carbonyl (C=O) groups is 4. The van der Waals surface area contributed by atoms with Gasteiger partial charge in [0, 0.05) is 6.42 Å². The lowest BCUT2D eigenvalue weighted by atomic mass is 10.1. The van der Waals surface area contributed by atoms with E-state index >= 15 is 0 Å². The van der Waals surface area contributed by atoms with Gasteiger partial charge < -0.3 is 18.9 Å². The first-order valence-corrected chi connectivity index (χ1v) is 13.0. The summed E-state index contributed by atoms with van der Waals surface area (Å²) in [4.78, 5) is 51.2. The van der Waals surface area contributed by atoms with Crippen LogP contribution in [0.3, 0.4) is 0 Å². The second-order valence-electron chi connectivity index (χ2n) is 8.87. The average molecular weight is 553 g/mol. The van der Waals surface area contributed by atoms with Crippen LogP contribution in [0.2, 0.25) is 0 Å². The first kappa shape index (κ1) is 28.8. The van der Waals surface area contributed by atoms with Gasteiger partial charge in [0.1, 0.15) is 12.7 Å². The Kier molecular flexibility index (Phi) is 10.4. The summed E-state index contributed by atoms with van der Waals surface area (Å²) in [5, 5.41) is 0. The molecular weight excluding hydrogens is 524 g/mol. The Bertz CT molecular complexity index is 1420. The molecular formula is C33H28O8. The highest BCUT2D eigenvalue weighted by molar-refractivity contribution is 5.91. The average Bonchev–Trinajstić information content (AvgIpc) is 3.03. The van der Waals surface area contributed by atoms with Crippen LogP contribution in [0.25, 0.3) is 0 Å². The Hall–Kier alpha value is -5.24. The zero-order valence-corrected chi connectivity index (χ0v) is 22.1. The molecule has 0 aliphatic carbocycles. The maximum absolute atomic E-state index is 13.0. The van der Waals surface area contributed by atoms with Gasteiger partial charge in [-0.05, 0) is 48.5 Å². The van der Waals surface area contributed by atoms with Gasteiger partial charge >= 0.3 is 23.9 Å². The van der Waals surface area contributed by atoms with E-state index in [1.165, 1.54) is 0 Å². The van der Waals surface area contributed by atoms with Gasteiger partial charge in [-0.3, -0.25) is 0 Å². The lowest BCUT2D eigenvalue weighted by Crippen LogP contribution is -2.40. The predicted molar refractivity (Wildman–Crippen MR) is 149 cm³/mol. The minimum absolute atomic E-state index is 0.0349. The number of ether oxygens (including phenoxy) is 4. The third kappa shape index (κ3) is 8.63. The molecule has 2 atom stereocenters. The van der Waals surface area contributed by atoms with Gasteiger partial charge in [-0.2, -0.15) is 0 Å². The molecule has 0 saturated heterocycles. The summed E-state index contributed by atoms with van der Waals surface area (Å²) < 4.78 is 22.4. The van der Waals surface area contributed by atoms with E-state index in [1.54, 1.807) is 121 Å². The van der Waals surface area contributed by atoms with Gasteiger partial charge in [-0.1, -0.05) is 72.8 Å². The van der Waals surface area contributed by atoms with E-state index in [1.807, 2.05) is 0 Å². The van der Waals surface area contributed by atoms with Crippen LogP contribution >= 0.6 is 0 Å². The number of carbonyl (C=O) groups excluding carboxylic acids is 4. The Morgan fingerprint density at radius 2 is 0.780 bits per heavy atom. The molecule has 8 nitrogen and oxygen atoms in total. The maximum Gasteiger partial charge on any atom is 0.338 e. The number of rotatable bonds is 12. The molecule has 4 aromatic rings. The molecule has 0 unspecified atom stereocenters. The van der Waals surface area contributed by atoms with Crippen LogP contribution < -0.4 is 0 Å². The molecule has 208 valence electrons. The van der Waals surface area contributed by atoms with E-state index in [4.69, 9.17) is 18.9 Å². The second-order valence-corrected chi connectivity index (χ2v) is 8.87. The van der Waals surface area contributed by atoms with Crippen molar-refractivity contribution in [3.63, 3.8) is 0 Å². The Balaban J connectivity index is 1.54. The van der Waals surface area contributed by atoms with E-state index in [0.717, 1.165) is 0 Å². The highest BCUT2D eigenvalue weighted by atomic mass is 16.6. The molecule has 0 spiro atoms. The van der Waals surface area contributed by atoms with Crippen LogP contribution in [0, 0.1) is 0 Å². The number of esters is 4. The van der Waals surface area contributed by atoms with Crippen LogP contribution in [0.1, 0.15) is 47.9 Å². The van der Waals surface area contributed by atoms with Crippen molar-refractivity contribution in [1.82, 2.24) is 0 Å².